The van der Waals surface area contributed by atoms with Gasteiger partial charge in [0, 0.05) is 25.7 Å². The van der Waals surface area contributed by atoms with E-state index in [1.54, 1.807) is 0 Å². The van der Waals surface area contributed by atoms with E-state index in [-0.39, 0.29) is 5.97 Å². The van der Waals surface area contributed by atoms with E-state index in [4.69, 9.17) is 4.74 Å². The van der Waals surface area contributed by atoms with Crippen LogP contribution in [0.4, 0.5) is 0 Å². The molecule has 0 amide bonds. The molecule has 116 valence electrons. The zero-order valence-corrected chi connectivity index (χ0v) is 13.3. The van der Waals surface area contributed by atoms with Crippen molar-refractivity contribution in [1.82, 2.24) is 9.80 Å². The molecule has 21 heavy (non-hydrogen) atoms. The highest BCUT2D eigenvalue weighted by Gasteiger charge is 2.21. The molecule has 0 N–H and O–H groups in total. The molecule has 0 aromatic heterocycles. The van der Waals surface area contributed by atoms with Crippen molar-refractivity contribution in [2.24, 2.45) is 0 Å². The third-order valence-electron chi connectivity index (χ3n) is 4.26. The molecule has 1 aromatic rings. The average Bonchev–Trinajstić information content (AvgIpc) is 2.68. The van der Waals surface area contributed by atoms with Crippen LogP contribution in [0.15, 0.2) is 24.3 Å². The monoisotopic (exact) mass is 290 g/mol. The Hall–Kier alpha value is -1.39. The van der Waals surface area contributed by atoms with Gasteiger partial charge in [-0.2, -0.15) is 0 Å². The Balaban J connectivity index is 2.03. The summed E-state index contributed by atoms with van der Waals surface area (Å²) in [5.74, 6) is -0.274. The number of rotatable bonds is 4. The third kappa shape index (κ3) is 4.29. The number of likely N-dealkylation sites (N-methyl/N-ethyl adjacent to an activating group) is 1. The normalized spacial score (nSPS) is 21.0. The van der Waals surface area contributed by atoms with Crippen LogP contribution in [0.2, 0.25) is 0 Å². The van der Waals surface area contributed by atoms with E-state index in [2.05, 4.69) is 23.8 Å². The van der Waals surface area contributed by atoms with Gasteiger partial charge in [-0.05, 0) is 44.1 Å². The SMILES string of the molecule is CCC1CN(C)CCCN1Cc1ccc(C(=O)OC)cc1. The molecule has 1 unspecified atom stereocenters. The number of esters is 1. The highest BCUT2D eigenvalue weighted by Crippen LogP contribution is 2.16. The maximum Gasteiger partial charge on any atom is 0.337 e. The fourth-order valence-electron chi connectivity index (χ4n) is 2.99. The topological polar surface area (TPSA) is 32.8 Å². The van der Waals surface area contributed by atoms with E-state index in [1.807, 2.05) is 24.3 Å². The number of carbonyl (C=O) groups excluding carboxylic acids is 1. The minimum Gasteiger partial charge on any atom is -0.465 e. The van der Waals surface area contributed by atoms with Crippen LogP contribution in [0.1, 0.15) is 35.7 Å². The van der Waals surface area contributed by atoms with Gasteiger partial charge in [-0.3, -0.25) is 4.90 Å². The van der Waals surface area contributed by atoms with Crippen LogP contribution < -0.4 is 0 Å². The van der Waals surface area contributed by atoms with Gasteiger partial charge >= 0.3 is 5.97 Å². The highest BCUT2D eigenvalue weighted by atomic mass is 16.5. The van der Waals surface area contributed by atoms with Crippen LogP contribution in [-0.4, -0.2) is 55.6 Å². The molecule has 4 nitrogen and oxygen atoms in total. The van der Waals surface area contributed by atoms with E-state index in [0.29, 0.717) is 11.6 Å². The lowest BCUT2D eigenvalue weighted by molar-refractivity contribution is 0.0600. The van der Waals surface area contributed by atoms with E-state index in [0.717, 1.165) is 19.6 Å². The van der Waals surface area contributed by atoms with Gasteiger partial charge in [-0.1, -0.05) is 19.1 Å². The van der Waals surface area contributed by atoms with Gasteiger partial charge in [0.15, 0.2) is 0 Å². The summed E-state index contributed by atoms with van der Waals surface area (Å²) >= 11 is 0. The number of nitrogens with zero attached hydrogens (tertiary/aromatic N) is 2. The second-order valence-corrected chi connectivity index (χ2v) is 5.84. The van der Waals surface area contributed by atoms with Crippen LogP contribution in [-0.2, 0) is 11.3 Å². The van der Waals surface area contributed by atoms with Gasteiger partial charge in [-0.15, -0.1) is 0 Å². The first kappa shape index (κ1) is 16.0. The summed E-state index contributed by atoms with van der Waals surface area (Å²) in [6.45, 7) is 6.66. The second kappa shape index (κ2) is 7.57. The van der Waals surface area contributed by atoms with Crippen molar-refractivity contribution in [3.63, 3.8) is 0 Å². The molecule has 1 aliphatic heterocycles. The molecule has 1 saturated heterocycles. The maximum absolute atomic E-state index is 11.5. The summed E-state index contributed by atoms with van der Waals surface area (Å²) in [4.78, 5) is 16.4. The Morgan fingerprint density at radius 1 is 1.29 bits per heavy atom. The predicted molar refractivity (Wildman–Crippen MR) is 84.4 cm³/mol. The molecular formula is C17H26N2O2. The fourth-order valence-corrected chi connectivity index (χ4v) is 2.99. The molecule has 0 bridgehead atoms. The van der Waals surface area contributed by atoms with Gasteiger partial charge < -0.3 is 9.64 Å². The number of benzene rings is 1. The molecule has 1 aromatic carbocycles. The Morgan fingerprint density at radius 2 is 2.00 bits per heavy atom. The lowest BCUT2D eigenvalue weighted by atomic mass is 10.1. The number of methoxy groups -OCH3 is 1. The van der Waals surface area contributed by atoms with E-state index in [9.17, 15) is 4.79 Å². The third-order valence-corrected chi connectivity index (χ3v) is 4.26. The molecule has 0 spiro atoms. The van der Waals surface area contributed by atoms with Crippen molar-refractivity contribution in [3.05, 3.63) is 35.4 Å². The van der Waals surface area contributed by atoms with E-state index >= 15 is 0 Å². The van der Waals surface area contributed by atoms with Crippen LogP contribution in [0.25, 0.3) is 0 Å². The summed E-state index contributed by atoms with van der Waals surface area (Å²) < 4.78 is 4.73. The van der Waals surface area contributed by atoms with Crippen LogP contribution in [0.5, 0.6) is 0 Å². The largest absolute Gasteiger partial charge is 0.465 e. The standard InChI is InChI=1S/C17H26N2O2/c1-4-16-13-18(2)10-5-11-19(16)12-14-6-8-15(9-7-14)17(20)21-3/h6-9,16H,4-5,10-13H2,1-3H3. The summed E-state index contributed by atoms with van der Waals surface area (Å²) in [7, 11) is 3.62. The molecule has 1 atom stereocenters. The minimum absolute atomic E-state index is 0.274. The number of carbonyl (C=O) groups is 1. The van der Waals surface area contributed by atoms with Gasteiger partial charge in [0.05, 0.1) is 12.7 Å². The number of hydrogen-bond acceptors (Lipinski definition) is 4. The zero-order valence-electron chi connectivity index (χ0n) is 13.3. The molecule has 0 aliphatic carbocycles. The lowest BCUT2D eigenvalue weighted by Crippen LogP contribution is -2.39. The lowest BCUT2D eigenvalue weighted by Gasteiger charge is -2.30. The maximum atomic E-state index is 11.5. The Labute approximate surface area is 127 Å². The molecule has 0 radical (unpaired) electrons. The second-order valence-electron chi connectivity index (χ2n) is 5.84. The first-order chi connectivity index (χ1) is 10.1. The molecular weight excluding hydrogens is 264 g/mol. The van der Waals surface area contributed by atoms with Crippen LogP contribution in [0, 0.1) is 0 Å². The quantitative estimate of drug-likeness (QED) is 0.797. The molecule has 2 rings (SSSR count). The summed E-state index contributed by atoms with van der Waals surface area (Å²) in [5.41, 5.74) is 1.87. The Kier molecular flexibility index (Phi) is 5.76. The van der Waals surface area contributed by atoms with Gasteiger partial charge in [-0.25, -0.2) is 4.79 Å². The Bertz CT molecular complexity index is 458. The van der Waals surface area contributed by atoms with Crippen molar-refractivity contribution < 1.29 is 9.53 Å². The summed E-state index contributed by atoms with van der Waals surface area (Å²) in [5, 5.41) is 0. The van der Waals surface area contributed by atoms with Crippen LogP contribution in [0.3, 0.4) is 0 Å². The van der Waals surface area contributed by atoms with Gasteiger partial charge in [0.25, 0.3) is 0 Å². The fraction of sp³-hybridized carbons (Fsp3) is 0.588. The first-order valence-electron chi connectivity index (χ1n) is 7.74. The number of ether oxygens (including phenoxy) is 1. The number of hydrogen-bond donors (Lipinski definition) is 0. The molecule has 1 aliphatic rings. The molecule has 4 heteroatoms. The predicted octanol–water partition coefficient (Wildman–Crippen LogP) is 2.39. The van der Waals surface area contributed by atoms with Crippen molar-refractivity contribution in [3.8, 4) is 0 Å². The van der Waals surface area contributed by atoms with E-state index < -0.39 is 0 Å². The zero-order chi connectivity index (χ0) is 15.2. The van der Waals surface area contributed by atoms with E-state index in [1.165, 1.54) is 32.1 Å². The van der Waals surface area contributed by atoms with Crippen molar-refractivity contribution in [1.29, 1.82) is 0 Å². The Morgan fingerprint density at radius 3 is 2.62 bits per heavy atom. The van der Waals surface area contributed by atoms with Gasteiger partial charge in [0.2, 0.25) is 0 Å². The first-order valence-corrected chi connectivity index (χ1v) is 7.74. The van der Waals surface area contributed by atoms with Crippen molar-refractivity contribution >= 4 is 5.97 Å². The molecule has 1 heterocycles. The molecule has 0 saturated carbocycles. The summed E-state index contributed by atoms with van der Waals surface area (Å²) in [6.07, 6.45) is 2.39. The average molecular weight is 290 g/mol. The molecule has 1 fully saturated rings. The minimum atomic E-state index is -0.274. The van der Waals surface area contributed by atoms with Gasteiger partial charge in [0.1, 0.15) is 0 Å². The van der Waals surface area contributed by atoms with Crippen LogP contribution >= 0.6 is 0 Å². The van der Waals surface area contributed by atoms with Crippen molar-refractivity contribution in [2.75, 3.05) is 33.8 Å². The summed E-state index contributed by atoms with van der Waals surface area (Å²) in [6, 6.07) is 8.39. The van der Waals surface area contributed by atoms with Crippen molar-refractivity contribution in [2.45, 2.75) is 32.4 Å². The smallest absolute Gasteiger partial charge is 0.337 e. The highest BCUT2D eigenvalue weighted by molar-refractivity contribution is 5.89.